The molecule has 0 aliphatic heterocycles. The molecule has 1 aromatic rings. The van der Waals surface area contributed by atoms with Gasteiger partial charge in [-0.1, -0.05) is 13.0 Å². The van der Waals surface area contributed by atoms with Crippen LogP contribution in [0.3, 0.4) is 0 Å². The normalized spacial score (nSPS) is 12.8. The van der Waals surface area contributed by atoms with E-state index >= 15 is 0 Å². The average molecular weight is 299 g/mol. The molecule has 1 amide bonds. The molecule has 0 spiro atoms. The fourth-order valence-electron chi connectivity index (χ4n) is 1.82. The first-order chi connectivity index (χ1) is 9.18. The van der Waals surface area contributed by atoms with E-state index in [-0.39, 0.29) is 16.9 Å². The maximum atomic E-state index is 12.2. The minimum absolute atomic E-state index is 0.0279. The van der Waals surface area contributed by atoms with Gasteiger partial charge in [-0.2, -0.15) is 0 Å². The van der Waals surface area contributed by atoms with E-state index < -0.39 is 27.8 Å². The number of nitrogens with zero attached hydrogens (tertiary/aromatic N) is 1. The largest absolute Gasteiger partial charge is 0.480 e. The van der Waals surface area contributed by atoms with E-state index in [0.717, 1.165) is 11.2 Å². The number of carboxylic acid groups (broad SMARTS) is 1. The van der Waals surface area contributed by atoms with Crippen molar-refractivity contribution in [3.05, 3.63) is 29.8 Å². The van der Waals surface area contributed by atoms with Crippen molar-refractivity contribution >= 4 is 21.7 Å². The summed E-state index contributed by atoms with van der Waals surface area (Å²) in [5.74, 6) is -1.62. The van der Waals surface area contributed by atoms with Gasteiger partial charge in [0.15, 0.2) is 9.84 Å². The van der Waals surface area contributed by atoms with Gasteiger partial charge < -0.3 is 10.0 Å². The quantitative estimate of drug-likeness (QED) is 0.876. The highest BCUT2D eigenvalue weighted by atomic mass is 32.2. The Morgan fingerprint density at radius 1 is 1.35 bits per heavy atom. The monoisotopic (exact) mass is 299 g/mol. The third-order valence-electron chi connectivity index (χ3n) is 2.97. The van der Waals surface area contributed by atoms with E-state index in [2.05, 4.69) is 0 Å². The molecular formula is C13H17NO5S. The van der Waals surface area contributed by atoms with E-state index in [1.807, 2.05) is 0 Å². The zero-order valence-corrected chi connectivity index (χ0v) is 12.3. The van der Waals surface area contributed by atoms with Crippen molar-refractivity contribution in [3.63, 3.8) is 0 Å². The van der Waals surface area contributed by atoms with E-state index in [1.54, 1.807) is 6.92 Å². The molecule has 0 heterocycles. The topological polar surface area (TPSA) is 91.8 Å². The lowest BCUT2D eigenvalue weighted by Gasteiger charge is -2.23. The number of rotatable bonds is 5. The van der Waals surface area contributed by atoms with Gasteiger partial charge in [0.05, 0.1) is 4.90 Å². The molecule has 0 aliphatic rings. The molecule has 0 bridgehead atoms. The molecule has 0 radical (unpaired) electrons. The second-order valence-electron chi connectivity index (χ2n) is 4.48. The Bertz CT molecular complexity index is 623. The highest BCUT2D eigenvalue weighted by Crippen LogP contribution is 2.14. The number of sulfone groups is 1. The lowest BCUT2D eigenvalue weighted by atomic mass is 10.1. The van der Waals surface area contributed by atoms with Crippen LogP contribution >= 0.6 is 0 Å². The summed E-state index contributed by atoms with van der Waals surface area (Å²) in [7, 11) is -2.03. The Balaban J connectivity index is 3.13. The molecule has 110 valence electrons. The lowest BCUT2D eigenvalue weighted by Crippen LogP contribution is -2.42. The van der Waals surface area contributed by atoms with Crippen LogP contribution in [0.5, 0.6) is 0 Å². The van der Waals surface area contributed by atoms with Crippen LogP contribution < -0.4 is 0 Å². The fourth-order valence-corrected chi connectivity index (χ4v) is 2.49. The van der Waals surface area contributed by atoms with Crippen LogP contribution in [-0.4, -0.2) is 49.6 Å². The molecule has 20 heavy (non-hydrogen) atoms. The second kappa shape index (κ2) is 6.04. The summed E-state index contributed by atoms with van der Waals surface area (Å²) < 4.78 is 22.9. The fraction of sp³-hybridized carbons (Fsp3) is 0.385. The number of amides is 1. The van der Waals surface area contributed by atoms with Gasteiger partial charge >= 0.3 is 5.97 Å². The molecule has 0 saturated heterocycles. The number of carbonyl (C=O) groups is 2. The Hall–Kier alpha value is -1.89. The number of benzene rings is 1. The van der Waals surface area contributed by atoms with Crippen molar-refractivity contribution in [2.24, 2.45) is 0 Å². The summed E-state index contributed by atoms with van der Waals surface area (Å²) in [4.78, 5) is 24.4. The molecule has 1 N–H and O–H groups in total. The summed E-state index contributed by atoms with van der Waals surface area (Å²) in [5.41, 5.74) is 0.148. The smallest absolute Gasteiger partial charge is 0.326 e. The summed E-state index contributed by atoms with van der Waals surface area (Å²) in [6.45, 7) is 1.66. The Kier molecular flexibility index (Phi) is 4.88. The molecule has 1 rings (SSSR count). The highest BCUT2D eigenvalue weighted by molar-refractivity contribution is 7.90. The third kappa shape index (κ3) is 3.57. The molecule has 1 atom stereocenters. The van der Waals surface area contributed by atoms with Gasteiger partial charge in [-0.05, 0) is 24.6 Å². The average Bonchev–Trinajstić information content (AvgIpc) is 2.37. The molecule has 0 fully saturated rings. The Morgan fingerprint density at radius 2 is 1.95 bits per heavy atom. The number of likely N-dealkylation sites (N-methyl/N-ethyl adjacent to an activating group) is 1. The number of hydrogen-bond donors (Lipinski definition) is 1. The maximum Gasteiger partial charge on any atom is 0.326 e. The predicted molar refractivity (Wildman–Crippen MR) is 73.4 cm³/mol. The van der Waals surface area contributed by atoms with Gasteiger partial charge in [-0.15, -0.1) is 0 Å². The van der Waals surface area contributed by atoms with Crippen LogP contribution in [0.25, 0.3) is 0 Å². The Morgan fingerprint density at radius 3 is 2.40 bits per heavy atom. The van der Waals surface area contributed by atoms with Crippen LogP contribution in [0.1, 0.15) is 23.7 Å². The van der Waals surface area contributed by atoms with Gasteiger partial charge in [-0.25, -0.2) is 13.2 Å². The molecule has 0 saturated carbocycles. The van der Waals surface area contributed by atoms with Gasteiger partial charge in [0.25, 0.3) is 5.91 Å². The van der Waals surface area contributed by atoms with Crippen LogP contribution in [0.15, 0.2) is 29.2 Å². The summed E-state index contributed by atoms with van der Waals surface area (Å²) in [6, 6.07) is 4.62. The minimum Gasteiger partial charge on any atom is -0.480 e. The first-order valence-corrected chi connectivity index (χ1v) is 7.87. The number of hydrogen-bond acceptors (Lipinski definition) is 4. The van der Waals surface area contributed by atoms with Crippen molar-refractivity contribution in [3.8, 4) is 0 Å². The van der Waals surface area contributed by atoms with Crippen LogP contribution in [0.4, 0.5) is 0 Å². The van der Waals surface area contributed by atoms with Crippen molar-refractivity contribution in [2.45, 2.75) is 24.3 Å². The van der Waals surface area contributed by atoms with E-state index in [1.165, 1.54) is 31.3 Å². The van der Waals surface area contributed by atoms with Crippen molar-refractivity contribution in [1.82, 2.24) is 4.90 Å². The number of carbonyl (C=O) groups excluding carboxylic acids is 1. The van der Waals surface area contributed by atoms with Crippen molar-refractivity contribution in [2.75, 3.05) is 13.3 Å². The first-order valence-electron chi connectivity index (χ1n) is 5.98. The van der Waals surface area contributed by atoms with E-state index in [9.17, 15) is 18.0 Å². The zero-order chi connectivity index (χ0) is 15.5. The minimum atomic E-state index is -3.41. The summed E-state index contributed by atoms with van der Waals surface area (Å²) >= 11 is 0. The number of aliphatic carboxylic acids is 1. The highest BCUT2D eigenvalue weighted by Gasteiger charge is 2.25. The Labute approximate surface area is 117 Å². The predicted octanol–water partition coefficient (Wildman–Crippen LogP) is 1.03. The standard InChI is InChI=1S/C13H17NO5S/c1-4-11(13(16)17)14(2)12(15)9-6-5-7-10(8-9)20(3,18)19/h5-8,11H,4H2,1-3H3,(H,16,17). The molecule has 1 aromatic carbocycles. The molecule has 7 heteroatoms. The SMILES string of the molecule is CCC(C(=O)O)N(C)C(=O)c1cccc(S(C)(=O)=O)c1. The third-order valence-corrected chi connectivity index (χ3v) is 4.08. The van der Waals surface area contributed by atoms with Crippen LogP contribution in [0, 0.1) is 0 Å². The molecule has 1 unspecified atom stereocenters. The van der Waals surface area contributed by atoms with Crippen molar-refractivity contribution < 1.29 is 23.1 Å². The zero-order valence-electron chi connectivity index (χ0n) is 11.5. The molecular weight excluding hydrogens is 282 g/mol. The lowest BCUT2D eigenvalue weighted by molar-refractivity contribution is -0.142. The van der Waals surface area contributed by atoms with Crippen LogP contribution in [0.2, 0.25) is 0 Å². The summed E-state index contributed by atoms with van der Waals surface area (Å²) in [6.07, 6.45) is 1.32. The van der Waals surface area contributed by atoms with Crippen molar-refractivity contribution in [1.29, 1.82) is 0 Å². The van der Waals surface area contributed by atoms with Crippen LogP contribution in [-0.2, 0) is 14.6 Å². The van der Waals surface area contributed by atoms with Gasteiger partial charge in [0.2, 0.25) is 0 Å². The maximum absolute atomic E-state index is 12.2. The molecule has 0 aromatic heterocycles. The van der Waals surface area contributed by atoms with Gasteiger partial charge in [0.1, 0.15) is 6.04 Å². The second-order valence-corrected chi connectivity index (χ2v) is 6.49. The van der Waals surface area contributed by atoms with Gasteiger partial charge in [0, 0.05) is 18.9 Å². The van der Waals surface area contributed by atoms with E-state index in [0.29, 0.717) is 0 Å². The number of carboxylic acids is 1. The summed E-state index contributed by atoms with van der Waals surface area (Å²) in [5, 5.41) is 9.03. The first kappa shape index (κ1) is 16.2. The van der Waals surface area contributed by atoms with Gasteiger partial charge in [-0.3, -0.25) is 4.79 Å². The molecule has 6 nitrogen and oxygen atoms in total. The molecule has 0 aliphatic carbocycles. The van der Waals surface area contributed by atoms with E-state index in [4.69, 9.17) is 5.11 Å².